The molecule has 0 heterocycles. The number of nitrogens with two attached hydrogens (primary N) is 1. The van der Waals surface area contributed by atoms with Crippen LogP contribution in [0.3, 0.4) is 0 Å². The van der Waals surface area contributed by atoms with E-state index in [1.807, 2.05) is 0 Å². The molecule has 0 amide bonds. The molecule has 2 aliphatic rings. The van der Waals surface area contributed by atoms with Crippen molar-refractivity contribution in [1.82, 2.24) is 0 Å². The fourth-order valence-electron chi connectivity index (χ4n) is 2.64. The molecule has 0 saturated heterocycles. The third kappa shape index (κ3) is 1.29. The minimum atomic E-state index is 0.151. The van der Waals surface area contributed by atoms with Crippen LogP contribution in [0, 0.1) is 17.3 Å². The van der Waals surface area contributed by atoms with Crippen LogP contribution in [0.15, 0.2) is 24.0 Å². The van der Waals surface area contributed by atoms with E-state index in [2.05, 4.69) is 25.2 Å². The maximum absolute atomic E-state index is 5.83. The van der Waals surface area contributed by atoms with Crippen LogP contribution in [-0.2, 0) is 4.74 Å². The van der Waals surface area contributed by atoms with Gasteiger partial charge in [-0.05, 0) is 31.4 Å². The second kappa shape index (κ2) is 3.43. The van der Waals surface area contributed by atoms with Crippen LogP contribution in [0.4, 0.5) is 0 Å². The first-order chi connectivity index (χ1) is 6.73. The predicted octanol–water partition coefficient (Wildman–Crippen LogP) is 2.08. The highest BCUT2D eigenvalue weighted by molar-refractivity contribution is 5.27. The van der Waals surface area contributed by atoms with Crippen LogP contribution in [0.1, 0.15) is 19.8 Å². The maximum atomic E-state index is 5.83. The Morgan fingerprint density at radius 1 is 1.57 bits per heavy atom. The molecule has 2 nitrogen and oxygen atoms in total. The normalized spacial score (nSPS) is 36.8. The molecule has 2 atom stereocenters. The molecule has 2 rings (SSSR count). The third-order valence-corrected chi connectivity index (χ3v) is 3.79. The van der Waals surface area contributed by atoms with Crippen molar-refractivity contribution in [1.29, 1.82) is 0 Å². The quantitative estimate of drug-likeness (QED) is 0.744. The van der Waals surface area contributed by atoms with Gasteiger partial charge >= 0.3 is 0 Å². The summed E-state index contributed by atoms with van der Waals surface area (Å²) in [5.74, 6) is 2.32. The summed E-state index contributed by atoms with van der Waals surface area (Å²) < 4.78 is 5.49. The van der Waals surface area contributed by atoms with Gasteiger partial charge in [0.1, 0.15) is 5.76 Å². The molecule has 14 heavy (non-hydrogen) atoms. The van der Waals surface area contributed by atoms with Gasteiger partial charge in [0.25, 0.3) is 0 Å². The van der Waals surface area contributed by atoms with Crippen molar-refractivity contribution < 1.29 is 4.74 Å². The zero-order valence-corrected chi connectivity index (χ0v) is 8.99. The minimum Gasteiger partial charge on any atom is -0.500 e. The monoisotopic (exact) mass is 193 g/mol. The summed E-state index contributed by atoms with van der Waals surface area (Å²) in [6.45, 7) is 3.01. The smallest absolute Gasteiger partial charge is 0.102 e. The largest absolute Gasteiger partial charge is 0.500 e. The summed E-state index contributed by atoms with van der Waals surface area (Å²) in [5.41, 5.74) is 5.98. The summed E-state index contributed by atoms with van der Waals surface area (Å²) >= 11 is 0. The predicted molar refractivity (Wildman–Crippen MR) is 57.6 cm³/mol. The zero-order valence-electron chi connectivity index (χ0n) is 8.99. The second-order valence-corrected chi connectivity index (χ2v) is 4.52. The number of ether oxygens (including phenoxy) is 1. The molecule has 1 saturated carbocycles. The Balaban J connectivity index is 2.31. The lowest BCUT2D eigenvalue weighted by atomic mass is 9.69. The maximum Gasteiger partial charge on any atom is 0.102 e. The summed E-state index contributed by atoms with van der Waals surface area (Å²) in [4.78, 5) is 0. The Morgan fingerprint density at radius 3 is 2.79 bits per heavy atom. The third-order valence-electron chi connectivity index (χ3n) is 3.79. The van der Waals surface area contributed by atoms with E-state index in [0.29, 0.717) is 12.5 Å². The van der Waals surface area contributed by atoms with Gasteiger partial charge in [-0.3, -0.25) is 0 Å². The van der Waals surface area contributed by atoms with E-state index in [1.54, 1.807) is 7.11 Å². The Labute approximate surface area is 85.8 Å². The van der Waals surface area contributed by atoms with Crippen LogP contribution in [-0.4, -0.2) is 13.7 Å². The standard InChI is InChI=1S/C12H19NO/c1-12(9-6-7-9)10(8-13)4-3-5-11(12)14-2/h3-5,9-10H,6-8,13H2,1-2H3. The Morgan fingerprint density at radius 2 is 2.29 bits per heavy atom. The molecule has 0 aliphatic heterocycles. The fourth-order valence-corrected chi connectivity index (χ4v) is 2.64. The van der Waals surface area contributed by atoms with E-state index in [9.17, 15) is 0 Å². The van der Waals surface area contributed by atoms with Crippen molar-refractivity contribution in [2.24, 2.45) is 23.0 Å². The van der Waals surface area contributed by atoms with Crippen molar-refractivity contribution in [3.8, 4) is 0 Å². The molecule has 2 unspecified atom stereocenters. The molecule has 0 radical (unpaired) electrons. The van der Waals surface area contributed by atoms with E-state index >= 15 is 0 Å². The Hall–Kier alpha value is -0.760. The van der Waals surface area contributed by atoms with Gasteiger partial charge in [-0.1, -0.05) is 19.1 Å². The fraction of sp³-hybridized carbons (Fsp3) is 0.667. The highest BCUT2D eigenvalue weighted by Gasteiger charge is 2.49. The SMILES string of the molecule is COC1=CC=CC(CN)C1(C)C1CC1. The summed E-state index contributed by atoms with van der Waals surface area (Å²) in [7, 11) is 1.76. The van der Waals surface area contributed by atoms with E-state index in [1.165, 1.54) is 12.8 Å². The number of methoxy groups -OCH3 is 1. The molecule has 2 aliphatic carbocycles. The number of hydrogen-bond acceptors (Lipinski definition) is 2. The number of hydrogen-bond donors (Lipinski definition) is 1. The van der Waals surface area contributed by atoms with Gasteiger partial charge in [0.15, 0.2) is 0 Å². The van der Waals surface area contributed by atoms with Crippen LogP contribution in [0.2, 0.25) is 0 Å². The number of allylic oxidation sites excluding steroid dienone is 3. The Kier molecular flexibility index (Phi) is 2.40. The van der Waals surface area contributed by atoms with Crippen molar-refractivity contribution in [3.63, 3.8) is 0 Å². The first-order valence-corrected chi connectivity index (χ1v) is 5.36. The van der Waals surface area contributed by atoms with E-state index in [-0.39, 0.29) is 5.41 Å². The van der Waals surface area contributed by atoms with Gasteiger partial charge in [-0.25, -0.2) is 0 Å². The molecule has 78 valence electrons. The topological polar surface area (TPSA) is 35.2 Å². The summed E-state index contributed by atoms with van der Waals surface area (Å²) in [6.07, 6.45) is 9.02. The highest BCUT2D eigenvalue weighted by atomic mass is 16.5. The van der Waals surface area contributed by atoms with E-state index in [4.69, 9.17) is 10.5 Å². The summed E-state index contributed by atoms with van der Waals surface area (Å²) in [6, 6.07) is 0. The van der Waals surface area contributed by atoms with Crippen molar-refractivity contribution in [2.45, 2.75) is 19.8 Å². The van der Waals surface area contributed by atoms with Crippen LogP contribution in [0.25, 0.3) is 0 Å². The number of rotatable bonds is 3. The van der Waals surface area contributed by atoms with Gasteiger partial charge in [-0.15, -0.1) is 0 Å². The molecule has 1 fully saturated rings. The van der Waals surface area contributed by atoms with Gasteiger partial charge in [0, 0.05) is 11.3 Å². The zero-order chi connectivity index (χ0) is 10.2. The minimum absolute atomic E-state index is 0.151. The molecule has 2 N–H and O–H groups in total. The van der Waals surface area contributed by atoms with Gasteiger partial charge in [0.2, 0.25) is 0 Å². The molecule has 0 bridgehead atoms. The first kappa shape index (κ1) is 9.78. The summed E-state index contributed by atoms with van der Waals surface area (Å²) in [5, 5.41) is 0. The molecular weight excluding hydrogens is 174 g/mol. The van der Waals surface area contributed by atoms with Crippen molar-refractivity contribution >= 4 is 0 Å². The molecule has 0 spiro atoms. The lowest BCUT2D eigenvalue weighted by Gasteiger charge is -2.39. The van der Waals surface area contributed by atoms with Crippen LogP contribution < -0.4 is 5.73 Å². The molecule has 0 aromatic rings. The van der Waals surface area contributed by atoms with Crippen molar-refractivity contribution in [2.75, 3.05) is 13.7 Å². The average molecular weight is 193 g/mol. The van der Waals surface area contributed by atoms with Crippen molar-refractivity contribution in [3.05, 3.63) is 24.0 Å². The van der Waals surface area contributed by atoms with Gasteiger partial charge in [-0.2, -0.15) is 0 Å². The van der Waals surface area contributed by atoms with E-state index < -0.39 is 0 Å². The molecule has 0 aromatic heterocycles. The van der Waals surface area contributed by atoms with Crippen LogP contribution in [0.5, 0.6) is 0 Å². The second-order valence-electron chi connectivity index (χ2n) is 4.52. The van der Waals surface area contributed by atoms with Crippen LogP contribution >= 0.6 is 0 Å². The van der Waals surface area contributed by atoms with Gasteiger partial charge in [0.05, 0.1) is 7.11 Å². The molecule has 0 aromatic carbocycles. The molecular formula is C12H19NO. The first-order valence-electron chi connectivity index (χ1n) is 5.36. The van der Waals surface area contributed by atoms with E-state index in [0.717, 1.165) is 11.7 Å². The average Bonchev–Trinajstić information content (AvgIpc) is 3.01. The van der Waals surface area contributed by atoms with Gasteiger partial charge < -0.3 is 10.5 Å². The Bertz CT molecular complexity index is 278. The molecule has 2 heteroatoms. The highest BCUT2D eigenvalue weighted by Crippen LogP contribution is 2.55. The lowest BCUT2D eigenvalue weighted by Crippen LogP contribution is -2.37. The lowest BCUT2D eigenvalue weighted by molar-refractivity contribution is 0.120.